The van der Waals surface area contributed by atoms with Gasteiger partial charge in [-0.1, -0.05) is 35.9 Å². The molecule has 0 fully saturated rings. The second-order valence-corrected chi connectivity index (χ2v) is 8.79. The molecular weight excluding hydrogens is 477 g/mol. The average Bonchev–Trinajstić information content (AvgIpc) is 3.29. The van der Waals surface area contributed by atoms with Crippen molar-refractivity contribution in [2.45, 2.75) is 26.1 Å². The van der Waals surface area contributed by atoms with Crippen molar-refractivity contribution in [2.75, 3.05) is 5.32 Å². The first-order chi connectivity index (χ1) is 17.8. The number of anilines is 1. The number of fused-ring (bicyclic) bond motifs is 1. The van der Waals surface area contributed by atoms with Crippen LogP contribution in [0.15, 0.2) is 91.4 Å². The number of imidazole rings is 1. The minimum atomic E-state index is -4.42. The molecule has 186 valence electrons. The largest absolute Gasteiger partial charge is 0.416 e. The second-order valence-electron chi connectivity index (χ2n) is 8.79. The highest BCUT2D eigenvalue weighted by atomic mass is 19.4. The number of nitrogens with one attached hydrogen (secondary N) is 1. The summed E-state index contributed by atoms with van der Waals surface area (Å²) in [5.74, 6) is -0.358. The third-order valence-electron chi connectivity index (χ3n) is 6.16. The molecule has 0 aliphatic heterocycles. The van der Waals surface area contributed by atoms with Crippen LogP contribution in [0.5, 0.6) is 0 Å². The van der Waals surface area contributed by atoms with Crippen LogP contribution in [0.4, 0.5) is 18.9 Å². The molecule has 0 saturated carbocycles. The zero-order valence-electron chi connectivity index (χ0n) is 20.0. The Morgan fingerprint density at radius 1 is 0.946 bits per heavy atom. The maximum Gasteiger partial charge on any atom is 0.416 e. The van der Waals surface area contributed by atoms with E-state index in [-0.39, 0.29) is 5.91 Å². The first-order valence-corrected chi connectivity index (χ1v) is 11.7. The van der Waals surface area contributed by atoms with Crippen molar-refractivity contribution >= 4 is 22.6 Å². The van der Waals surface area contributed by atoms with Gasteiger partial charge in [0.05, 0.1) is 22.9 Å². The Morgan fingerprint density at radius 3 is 2.49 bits per heavy atom. The zero-order chi connectivity index (χ0) is 26.0. The molecule has 0 radical (unpaired) electrons. The molecule has 0 spiro atoms. The number of carbonyl (C=O) groups excluding carboxylic acids is 1. The van der Waals surface area contributed by atoms with E-state index in [0.29, 0.717) is 22.4 Å². The number of carbonyl (C=O) groups is 1. The molecule has 8 heteroatoms. The highest BCUT2D eigenvalue weighted by molar-refractivity contribution is 6.09. The highest BCUT2D eigenvalue weighted by Crippen LogP contribution is 2.32. The second kappa shape index (κ2) is 9.89. The molecule has 0 unspecified atom stereocenters. The fraction of sp³-hybridized carbons (Fsp3) is 0.138. The standard InChI is InChI=1S/C29H23F3N4O/c1-19-5-11-24(25(16-19)20-6-8-21(9-7-20)29(30,31)32)28(37)35-23-10-12-27-26(17-23)34-18-36(27)15-13-22-4-2-3-14-33-22/h2-12,14,16-18H,13,15H2,1H3,(H,35,37). The van der Waals surface area contributed by atoms with Gasteiger partial charge in [-0.05, 0) is 66.6 Å². The number of halogens is 3. The summed E-state index contributed by atoms with van der Waals surface area (Å²) in [5.41, 5.74) is 4.87. The summed E-state index contributed by atoms with van der Waals surface area (Å²) in [6.07, 6.45) is -0.116. The van der Waals surface area contributed by atoms with Crippen LogP contribution in [0, 0.1) is 6.92 Å². The molecule has 0 aliphatic carbocycles. The number of hydrogen-bond donors (Lipinski definition) is 1. The van der Waals surface area contributed by atoms with Crippen LogP contribution in [0.1, 0.15) is 27.2 Å². The van der Waals surface area contributed by atoms with E-state index in [2.05, 4.69) is 15.3 Å². The predicted octanol–water partition coefficient (Wildman–Crippen LogP) is 6.92. The van der Waals surface area contributed by atoms with Gasteiger partial charge in [-0.2, -0.15) is 13.2 Å². The normalized spacial score (nSPS) is 11.6. The van der Waals surface area contributed by atoms with Gasteiger partial charge in [0, 0.05) is 36.1 Å². The molecule has 5 rings (SSSR count). The number of nitrogens with zero attached hydrogens (tertiary/aromatic N) is 3. The number of hydrogen-bond acceptors (Lipinski definition) is 3. The van der Waals surface area contributed by atoms with Gasteiger partial charge in [0.25, 0.3) is 5.91 Å². The maximum atomic E-state index is 13.2. The zero-order valence-corrected chi connectivity index (χ0v) is 20.0. The Kier molecular flexibility index (Phi) is 6.48. The molecule has 1 amide bonds. The Morgan fingerprint density at radius 2 is 1.76 bits per heavy atom. The van der Waals surface area contributed by atoms with Gasteiger partial charge in [0.15, 0.2) is 0 Å². The van der Waals surface area contributed by atoms with E-state index in [1.165, 1.54) is 12.1 Å². The number of rotatable bonds is 6. The lowest BCUT2D eigenvalue weighted by Gasteiger charge is -2.13. The number of benzene rings is 3. The monoisotopic (exact) mass is 500 g/mol. The third kappa shape index (κ3) is 5.38. The summed E-state index contributed by atoms with van der Waals surface area (Å²) in [5, 5.41) is 2.90. The summed E-state index contributed by atoms with van der Waals surface area (Å²) in [6, 6.07) is 21.4. The Labute approximate surface area is 211 Å². The van der Waals surface area contributed by atoms with Crippen molar-refractivity contribution in [1.82, 2.24) is 14.5 Å². The Bertz CT molecular complexity index is 1560. The first-order valence-electron chi connectivity index (χ1n) is 11.7. The maximum absolute atomic E-state index is 13.2. The molecule has 5 nitrogen and oxygen atoms in total. The van der Waals surface area contributed by atoms with Crippen LogP contribution in [0.25, 0.3) is 22.2 Å². The molecule has 5 aromatic rings. The molecule has 0 saturated heterocycles. The summed E-state index contributed by atoms with van der Waals surface area (Å²) in [7, 11) is 0. The topological polar surface area (TPSA) is 59.8 Å². The minimum absolute atomic E-state index is 0.358. The SMILES string of the molecule is Cc1ccc(C(=O)Nc2ccc3c(c2)ncn3CCc2ccccn2)c(-c2ccc(C(F)(F)F)cc2)c1. The van der Waals surface area contributed by atoms with Gasteiger partial charge >= 0.3 is 6.18 Å². The molecule has 0 bridgehead atoms. The predicted molar refractivity (Wildman–Crippen MR) is 137 cm³/mol. The van der Waals surface area contributed by atoms with Crippen molar-refractivity contribution in [3.8, 4) is 11.1 Å². The van der Waals surface area contributed by atoms with Crippen molar-refractivity contribution in [1.29, 1.82) is 0 Å². The lowest BCUT2D eigenvalue weighted by atomic mass is 9.96. The number of alkyl halides is 3. The van der Waals surface area contributed by atoms with Gasteiger partial charge in [-0.25, -0.2) is 4.98 Å². The van der Waals surface area contributed by atoms with Gasteiger partial charge in [0.2, 0.25) is 0 Å². The van der Waals surface area contributed by atoms with E-state index in [1.807, 2.05) is 41.8 Å². The van der Waals surface area contributed by atoms with Crippen molar-refractivity contribution in [2.24, 2.45) is 0 Å². The molecule has 1 N–H and O–H groups in total. The number of amides is 1. The van der Waals surface area contributed by atoms with Crippen LogP contribution < -0.4 is 5.32 Å². The van der Waals surface area contributed by atoms with E-state index in [0.717, 1.165) is 47.4 Å². The Hall–Kier alpha value is -4.46. The van der Waals surface area contributed by atoms with E-state index in [1.54, 1.807) is 36.8 Å². The number of aromatic nitrogens is 3. The lowest BCUT2D eigenvalue weighted by molar-refractivity contribution is -0.137. The van der Waals surface area contributed by atoms with Crippen LogP contribution in [-0.2, 0) is 19.1 Å². The van der Waals surface area contributed by atoms with Gasteiger partial charge in [-0.15, -0.1) is 0 Å². The van der Waals surface area contributed by atoms with Gasteiger partial charge in [-0.3, -0.25) is 9.78 Å². The van der Waals surface area contributed by atoms with Crippen LogP contribution >= 0.6 is 0 Å². The molecule has 37 heavy (non-hydrogen) atoms. The molecular formula is C29H23F3N4O. The summed E-state index contributed by atoms with van der Waals surface area (Å²) in [4.78, 5) is 22.1. The molecule has 2 aromatic heterocycles. The Balaban J connectivity index is 1.36. The fourth-order valence-electron chi connectivity index (χ4n) is 4.23. The minimum Gasteiger partial charge on any atom is -0.330 e. The van der Waals surface area contributed by atoms with Gasteiger partial charge in [0.1, 0.15) is 0 Å². The molecule has 3 aromatic carbocycles. The summed E-state index contributed by atoms with van der Waals surface area (Å²) < 4.78 is 41.0. The van der Waals surface area contributed by atoms with Crippen molar-refractivity contribution in [3.05, 3.63) is 114 Å². The smallest absolute Gasteiger partial charge is 0.330 e. The van der Waals surface area contributed by atoms with E-state index in [9.17, 15) is 18.0 Å². The lowest BCUT2D eigenvalue weighted by Crippen LogP contribution is -2.13. The fourth-order valence-corrected chi connectivity index (χ4v) is 4.23. The van der Waals surface area contributed by atoms with Crippen LogP contribution in [0.2, 0.25) is 0 Å². The van der Waals surface area contributed by atoms with E-state index < -0.39 is 11.7 Å². The molecule has 0 atom stereocenters. The van der Waals surface area contributed by atoms with Crippen molar-refractivity contribution in [3.63, 3.8) is 0 Å². The van der Waals surface area contributed by atoms with Gasteiger partial charge < -0.3 is 9.88 Å². The average molecular weight is 501 g/mol. The summed E-state index contributed by atoms with van der Waals surface area (Å²) in [6.45, 7) is 2.59. The third-order valence-corrected chi connectivity index (χ3v) is 6.16. The van der Waals surface area contributed by atoms with E-state index >= 15 is 0 Å². The van der Waals surface area contributed by atoms with Crippen LogP contribution in [-0.4, -0.2) is 20.4 Å². The quantitative estimate of drug-likeness (QED) is 0.275. The number of pyridine rings is 1. The van der Waals surface area contributed by atoms with Crippen LogP contribution in [0.3, 0.4) is 0 Å². The first kappa shape index (κ1) is 24.2. The molecule has 2 heterocycles. The van der Waals surface area contributed by atoms with E-state index in [4.69, 9.17) is 0 Å². The highest BCUT2D eigenvalue weighted by Gasteiger charge is 2.30. The van der Waals surface area contributed by atoms with Crippen molar-refractivity contribution < 1.29 is 18.0 Å². The number of aryl methyl sites for hydroxylation is 3. The molecule has 0 aliphatic rings. The summed E-state index contributed by atoms with van der Waals surface area (Å²) >= 11 is 0.